The van der Waals surface area contributed by atoms with Crippen molar-refractivity contribution in [2.75, 3.05) is 26.4 Å². The molecule has 3 saturated heterocycles. The van der Waals surface area contributed by atoms with Crippen molar-refractivity contribution in [3.63, 3.8) is 0 Å². The number of nitrogens with one attached hydrogen (secondary N) is 1. The topological polar surface area (TPSA) is 307 Å². The molecule has 0 aromatic carbocycles. The fraction of sp³-hybridized carbons (Fsp3) is 0.726. The molecule has 17 atom stereocenters. The summed E-state index contributed by atoms with van der Waals surface area (Å²) in [7, 11) is 0. The van der Waals surface area contributed by atoms with Gasteiger partial charge in [-0.2, -0.15) is 0 Å². The summed E-state index contributed by atoms with van der Waals surface area (Å²) in [6.07, 6.45) is 63.0. The van der Waals surface area contributed by atoms with Gasteiger partial charge in [0.25, 0.3) is 0 Å². The molecule has 3 aliphatic rings. The van der Waals surface area contributed by atoms with Gasteiger partial charge in [-0.3, -0.25) is 4.79 Å². The fourth-order valence-corrected chi connectivity index (χ4v) is 12.6. The number of ether oxygens (including phenoxy) is 6. The van der Waals surface area contributed by atoms with E-state index in [-0.39, 0.29) is 18.9 Å². The van der Waals surface area contributed by atoms with Crippen molar-refractivity contribution in [3.8, 4) is 0 Å². The number of carbonyl (C=O) groups is 1. The molecule has 0 spiro atoms. The molecule has 0 aromatic rings. The average Bonchev–Trinajstić information content (AvgIpc) is 0.782. The van der Waals surface area contributed by atoms with Crippen molar-refractivity contribution < 1.29 is 89.4 Å². The summed E-state index contributed by atoms with van der Waals surface area (Å²) < 4.78 is 34.4. The van der Waals surface area contributed by atoms with Crippen molar-refractivity contribution >= 4 is 5.91 Å². The maximum atomic E-state index is 13.5. The molecule has 0 bridgehead atoms. The van der Waals surface area contributed by atoms with Crippen molar-refractivity contribution in [2.45, 2.75) is 362 Å². The number of unbranched alkanes of at least 4 members (excludes halogenated alkanes) is 25. The zero-order valence-electron chi connectivity index (χ0n) is 63.0. The maximum absolute atomic E-state index is 13.5. The summed E-state index contributed by atoms with van der Waals surface area (Å²) in [6, 6.07) is -0.999. The standard InChI is InChI=1S/C84H141NO18/c1-3-5-7-9-11-13-15-17-19-21-22-23-24-25-26-27-28-29-30-31-32-33-34-35-36-37-38-39-40-41-42-43-44-46-48-50-52-54-56-58-60-62-72(90)85-67(68(89)61-59-57-55-53-51-49-47-45-20-18-16-14-12-10-8-6-4-2)66-98-82-78(96)75(93)80(70(64-87)100-82)103-84-79(97)76(94)81(71(65-88)101-84)102-83-77(95)74(92)73(91)69(63-86)99-83/h5,7,11,13,17,19,22-23,25-26,28-29,31-32,34-35,37-38,51,53,59,61,67-71,73-84,86-89,91-97H,3-4,6,8-10,12,14-16,18,20-21,24,27,30,33,36,39-50,52,54-58,60,62-66H2,1-2H3,(H,85,90)/b7-5-,13-11-,19-17-,23-22-,26-25-,29-28-,32-31-,35-34-,38-37-,53-51+,61-59+. The summed E-state index contributed by atoms with van der Waals surface area (Å²) in [5, 5.41) is 121. The van der Waals surface area contributed by atoms with Crippen LogP contribution < -0.4 is 5.32 Å². The predicted molar refractivity (Wildman–Crippen MR) is 410 cm³/mol. The third-order valence-electron chi connectivity index (χ3n) is 18.9. The summed E-state index contributed by atoms with van der Waals surface area (Å²) in [5.74, 6) is -0.291. The minimum Gasteiger partial charge on any atom is -0.394 e. The van der Waals surface area contributed by atoms with E-state index in [1.165, 1.54) is 116 Å². The third kappa shape index (κ3) is 42.9. The molecule has 0 aliphatic carbocycles. The molecule has 103 heavy (non-hydrogen) atoms. The lowest BCUT2D eigenvalue weighted by molar-refractivity contribution is -0.379. The molecule has 0 saturated carbocycles. The Morgan fingerprint density at radius 2 is 0.680 bits per heavy atom. The van der Waals surface area contributed by atoms with Crippen LogP contribution in [0.4, 0.5) is 0 Å². The van der Waals surface area contributed by atoms with Crippen LogP contribution in [0.15, 0.2) is 134 Å². The molecule has 19 heteroatoms. The number of rotatable bonds is 61. The van der Waals surface area contributed by atoms with Crippen LogP contribution in [0.1, 0.15) is 258 Å². The number of allylic oxidation sites excluding steroid dienone is 21. The van der Waals surface area contributed by atoms with Gasteiger partial charge in [-0.05, 0) is 103 Å². The normalized spacial score (nSPS) is 26.8. The van der Waals surface area contributed by atoms with Crippen LogP contribution in [0, 0.1) is 0 Å². The predicted octanol–water partition coefficient (Wildman–Crippen LogP) is 13.3. The van der Waals surface area contributed by atoms with E-state index in [1.807, 2.05) is 6.08 Å². The second-order valence-electron chi connectivity index (χ2n) is 27.8. The zero-order valence-corrected chi connectivity index (χ0v) is 63.0. The van der Waals surface area contributed by atoms with E-state index in [9.17, 15) is 61.0 Å². The quantitative estimate of drug-likeness (QED) is 0.0199. The van der Waals surface area contributed by atoms with Crippen molar-refractivity contribution in [3.05, 3.63) is 134 Å². The highest BCUT2D eigenvalue weighted by Crippen LogP contribution is 2.33. The molecule has 3 heterocycles. The third-order valence-corrected chi connectivity index (χ3v) is 18.9. The van der Waals surface area contributed by atoms with E-state index in [4.69, 9.17) is 28.4 Å². The van der Waals surface area contributed by atoms with Crippen LogP contribution in [0.2, 0.25) is 0 Å². The SMILES string of the molecule is CC/C=C\C/C=C\C/C=C\C/C=C\C/C=C\C/C=C\C/C=C\C/C=C\C/C=C\CCCCCCCCCCCCCCCC(=O)NC(COC1OC(CO)C(OC2OC(CO)C(OC3OC(CO)C(O)C(O)C3O)C(O)C2O)C(O)C1O)C(O)/C=C/CC/C=C/CCCCCCCCCCCCC. The van der Waals surface area contributed by atoms with Gasteiger partial charge in [0.15, 0.2) is 18.9 Å². The number of hydrogen-bond acceptors (Lipinski definition) is 18. The Hall–Kier alpha value is -4.07. The lowest BCUT2D eigenvalue weighted by Crippen LogP contribution is -2.66. The van der Waals surface area contributed by atoms with E-state index in [0.717, 1.165) is 109 Å². The molecule has 17 unspecified atom stereocenters. The van der Waals surface area contributed by atoms with Crippen LogP contribution in [0.3, 0.4) is 0 Å². The minimum absolute atomic E-state index is 0.227. The van der Waals surface area contributed by atoms with E-state index in [0.29, 0.717) is 12.8 Å². The van der Waals surface area contributed by atoms with Gasteiger partial charge in [0.2, 0.25) is 5.91 Å². The largest absolute Gasteiger partial charge is 0.394 e. The van der Waals surface area contributed by atoms with E-state index in [1.54, 1.807) is 6.08 Å². The Bertz CT molecular complexity index is 2380. The van der Waals surface area contributed by atoms with E-state index in [2.05, 4.69) is 141 Å². The van der Waals surface area contributed by atoms with Gasteiger partial charge in [-0.1, -0.05) is 282 Å². The molecule has 3 aliphatic heterocycles. The van der Waals surface area contributed by atoms with Gasteiger partial charge >= 0.3 is 0 Å². The first-order chi connectivity index (χ1) is 50.3. The van der Waals surface area contributed by atoms with Gasteiger partial charge in [-0.15, -0.1) is 0 Å². The van der Waals surface area contributed by atoms with Crippen LogP contribution in [0.5, 0.6) is 0 Å². The molecule has 19 nitrogen and oxygen atoms in total. The second kappa shape index (κ2) is 62.9. The average molecular weight is 1450 g/mol. The number of aliphatic hydroxyl groups is 11. The minimum atomic E-state index is -1.99. The van der Waals surface area contributed by atoms with Gasteiger partial charge in [0.1, 0.15) is 73.2 Å². The summed E-state index contributed by atoms with van der Waals surface area (Å²) >= 11 is 0. The summed E-state index contributed by atoms with van der Waals surface area (Å²) in [6.45, 7) is 1.60. The number of carbonyl (C=O) groups excluding carboxylic acids is 1. The first-order valence-corrected chi connectivity index (χ1v) is 39.9. The Balaban J connectivity index is 1.33. The highest BCUT2D eigenvalue weighted by atomic mass is 16.8. The molecule has 12 N–H and O–H groups in total. The zero-order chi connectivity index (χ0) is 74.6. The van der Waals surface area contributed by atoms with Gasteiger partial charge in [0.05, 0.1) is 38.6 Å². The van der Waals surface area contributed by atoms with Gasteiger partial charge in [-0.25, -0.2) is 0 Å². The number of amides is 1. The first-order valence-electron chi connectivity index (χ1n) is 39.9. The summed E-state index contributed by atoms with van der Waals surface area (Å²) in [5.41, 5.74) is 0. The molecule has 0 aromatic heterocycles. The Kier molecular flexibility index (Phi) is 56.9. The first kappa shape index (κ1) is 93.1. The van der Waals surface area contributed by atoms with E-state index < -0.39 is 124 Å². The second-order valence-corrected chi connectivity index (χ2v) is 27.8. The molecular formula is C84H141NO18. The lowest BCUT2D eigenvalue weighted by Gasteiger charge is -2.48. The van der Waals surface area contributed by atoms with Gasteiger partial charge in [0, 0.05) is 6.42 Å². The Morgan fingerprint density at radius 3 is 1.09 bits per heavy atom. The summed E-state index contributed by atoms with van der Waals surface area (Å²) in [4.78, 5) is 13.5. The Labute approximate surface area is 620 Å². The molecule has 0 radical (unpaired) electrons. The molecule has 590 valence electrons. The van der Waals surface area contributed by atoms with Gasteiger partial charge < -0.3 is 89.9 Å². The number of hydrogen-bond donors (Lipinski definition) is 12. The maximum Gasteiger partial charge on any atom is 0.220 e. The molecule has 1 amide bonds. The van der Waals surface area contributed by atoms with Crippen molar-refractivity contribution in [1.29, 1.82) is 0 Å². The lowest BCUT2D eigenvalue weighted by atomic mass is 9.96. The van der Waals surface area contributed by atoms with Crippen molar-refractivity contribution in [1.82, 2.24) is 5.32 Å². The van der Waals surface area contributed by atoms with Crippen LogP contribution >= 0.6 is 0 Å². The fourth-order valence-electron chi connectivity index (χ4n) is 12.6. The van der Waals surface area contributed by atoms with Crippen molar-refractivity contribution in [2.24, 2.45) is 0 Å². The monoisotopic (exact) mass is 1450 g/mol. The van der Waals surface area contributed by atoms with E-state index >= 15 is 0 Å². The Morgan fingerprint density at radius 1 is 0.359 bits per heavy atom. The molecule has 3 fully saturated rings. The molecule has 3 rings (SSSR count). The molecular weight excluding hydrogens is 1310 g/mol. The highest BCUT2D eigenvalue weighted by molar-refractivity contribution is 5.76. The smallest absolute Gasteiger partial charge is 0.220 e. The highest BCUT2D eigenvalue weighted by Gasteiger charge is 2.53. The van der Waals surface area contributed by atoms with Crippen LogP contribution in [-0.4, -0.2) is 193 Å². The number of aliphatic hydroxyl groups excluding tert-OH is 11. The van der Waals surface area contributed by atoms with Crippen LogP contribution in [-0.2, 0) is 33.2 Å². The van der Waals surface area contributed by atoms with Crippen LogP contribution in [0.25, 0.3) is 0 Å².